The van der Waals surface area contributed by atoms with Crippen LogP contribution < -0.4 is 19.6 Å². The third kappa shape index (κ3) is 4.81. The van der Waals surface area contributed by atoms with Crippen LogP contribution in [0.4, 0.5) is 4.39 Å². The number of thiazole rings is 1. The molecule has 0 fully saturated rings. The van der Waals surface area contributed by atoms with Crippen molar-refractivity contribution in [1.29, 1.82) is 0 Å². The molecule has 0 saturated carbocycles. The minimum atomic E-state index is -0.758. The summed E-state index contributed by atoms with van der Waals surface area (Å²) in [5, 5.41) is 0. The third-order valence-corrected chi connectivity index (χ3v) is 7.86. The van der Waals surface area contributed by atoms with Gasteiger partial charge < -0.3 is 14.0 Å². The van der Waals surface area contributed by atoms with Crippen LogP contribution >= 0.6 is 11.3 Å². The minimum Gasteiger partial charge on any atom is -0.494 e. The number of aromatic nitrogens is 2. The van der Waals surface area contributed by atoms with Crippen molar-refractivity contribution in [3.05, 3.63) is 114 Å². The van der Waals surface area contributed by atoms with Crippen LogP contribution in [0.5, 0.6) is 5.75 Å². The number of ether oxygens (including phenoxy) is 2. The molecule has 0 amide bonds. The second-order valence-corrected chi connectivity index (χ2v) is 10.4. The molecule has 40 heavy (non-hydrogen) atoms. The first-order valence-corrected chi connectivity index (χ1v) is 13.9. The van der Waals surface area contributed by atoms with E-state index in [0.29, 0.717) is 38.5 Å². The lowest BCUT2D eigenvalue weighted by Crippen LogP contribution is -2.40. The zero-order valence-electron chi connectivity index (χ0n) is 23.0. The predicted molar refractivity (Wildman–Crippen MR) is 153 cm³/mol. The largest absolute Gasteiger partial charge is 0.494 e. The van der Waals surface area contributed by atoms with Gasteiger partial charge >= 0.3 is 5.97 Å². The van der Waals surface area contributed by atoms with Crippen molar-refractivity contribution in [3.8, 4) is 11.4 Å². The molecule has 0 N–H and O–H groups in total. The van der Waals surface area contributed by atoms with Crippen molar-refractivity contribution in [1.82, 2.24) is 9.13 Å². The number of aryl methyl sites for hydroxylation is 1. The average molecular weight is 560 g/mol. The van der Waals surface area contributed by atoms with Gasteiger partial charge in [0.2, 0.25) is 0 Å². The summed E-state index contributed by atoms with van der Waals surface area (Å²) in [6.07, 6.45) is 1.85. The number of nitrogens with zero attached hydrogens (tertiary/aromatic N) is 3. The maximum atomic E-state index is 14.0. The van der Waals surface area contributed by atoms with Gasteiger partial charge in [-0.2, -0.15) is 0 Å². The molecule has 0 aliphatic carbocycles. The molecular formula is C31H30FN3O4S. The SMILES string of the molecule is CCOC(=O)C1=C(C)N=c2sc(=Cc3cc(C)n(-c4ccc(F)cc4)c3C)c(=O)n2[C@H]1c1ccccc1OCC. The minimum absolute atomic E-state index is 0.198. The molecule has 0 spiro atoms. The number of allylic oxidation sites excluding steroid dienone is 1. The highest BCUT2D eigenvalue weighted by molar-refractivity contribution is 7.07. The van der Waals surface area contributed by atoms with Gasteiger partial charge in [0.05, 0.1) is 29.0 Å². The first-order chi connectivity index (χ1) is 19.2. The van der Waals surface area contributed by atoms with Gasteiger partial charge in [0, 0.05) is 22.6 Å². The summed E-state index contributed by atoms with van der Waals surface area (Å²) < 4.78 is 28.9. The number of carbonyl (C=O) groups is 1. The lowest BCUT2D eigenvalue weighted by atomic mass is 9.95. The van der Waals surface area contributed by atoms with Gasteiger partial charge in [0.15, 0.2) is 4.80 Å². The summed E-state index contributed by atoms with van der Waals surface area (Å²) in [6.45, 7) is 9.95. The summed E-state index contributed by atoms with van der Waals surface area (Å²) in [4.78, 5) is 32.4. The number of esters is 1. The Bertz CT molecular complexity index is 1810. The Labute approximate surface area is 235 Å². The highest BCUT2D eigenvalue weighted by Gasteiger charge is 2.35. The Morgan fingerprint density at radius 1 is 1.07 bits per heavy atom. The second-order valence-electron chi connectivity index (χ2n) is 9.41. The Hall–Kier alpha value is -4.24. The van der Waals surface area contributed by atoms with E-state index < -0.39 is 12.0 Å². The second kappa shape index (κ2) is 11.1. The van der Waals surface area contributed by atoms with Gasteiger partial charge in [-0.3, -0.25) is 9.36 Å². The van der Waals surface area contributed by atoms with Crippen molar-refractivity contribution >= 4 is 23.4 Å². The first kappa shape index (κ1) is 27.3. The first-order valence-electron chi connectivity index (χ1n) is 13.1. The van der Waals surface area contributed by atoms with Crippen LogP contribution in [-0.2, 0) is 9.53 Å². The Kier molecular flexibility index (Phi) is 7.58. The summed E-state index contributed by atoms with van der Waals surface area (Å²) in [7, 11) is 0. The van der Waals surface area contributed by atoms with Gasteiger partial charge in [-0.05, 0) is 82.7 Å². The Morgan fingerprint density at radius 3 is 2.50 bits per heavy atom. The molecule has 0 bridgehead atoms. The van der Waals surface area contributed by atoms with Crippen LogP contribution in [-0.4, -0.2) is 28.3 Å². The van der Waals surface area contributed by atoms with Crippen LogP contribution in [0.2, 0.25) is 0 Å². The van der Waals surface area contributed by atoms with E-state index in [4.69, 9.17) is 9.47 Å². The van der Waals surface area contributed by atoms with Gasteiger partial charge in [-0.25, -0.2) is 14.2 Å². The number of para-hydroxylation sites is 1. The summed E-state index contributed by atoms with van der Waals surface area (Å²) in [5.74, 6) is -0.230. The maximum absolute atomic E-state index is 14.0. The average Bonchev–Trinajstić information content (AvgIpc) is 3.38. The van der Waals surface area contributed by atoms with Gasteiger partial charge in [-0.1, -0.05) is 29.5 Å². The molecular weight excluding hydrogens is 529 g/mol. The number of benzene rings is 2. The predicted octanol–water partition coefficient (Wildman–Crippen LogP) is 4.74. The molecule has 3 heterocycles. The van der Waals surface area contributed by atoms with E-state index >= 15 is 0 Å². The molecule has 1 atom stereocenters. The van der Waals surface area contributed by atoms with Crippen LogP contribution in [0, 0.1) is 19.7 Å². The normalized spacial score (nSPS) is 15.2. The van der Waals surface area contributed by atoms with Crippen molar-refractivity contribution in [2.75, 3.05) is 13.2 Å². The molecule has 1 aliphatic rings. The molecule has 0 unspecified atom stereocenters. The zero-order chi connectivity index (χ0) is 28.6. The molecule has 2 aromatic carbocycles. The van der Waals surface area contributed by atoms with E-state index in [1.807, 2.05) is 61.7 Å². The standard InChI is InChI=1S/C31H30FN3O4S/c1-6-38-25-11-9-8-10-24(25)28-27(30(37)39-7-2)19(4)33-31-35(28)29(36)26(40-31)17-21-16-18(3)34(20(21)5)23-14-12-22(32)13-15-23/h8-17,28H,6-7H2,1-5H3/t28-/m0/s1. The lowest BCUT2D eigenvalue weighted by Gasteiger charge is -2.26. The van der Waals surface area contributed by atoms with E-state index in [1.165, 1.54) is 23.5 Å². The molecule has 1 aliphatic heterocycles. The van der Waals surface area contributed by atoms with E-state index in [9.17, 15) is 14.0 Å². The smallest absolute Gasteiger partial charge is 0.338 e. The number of rotatable bonds is 7. The highest BCUT2D eigenvalue weighted by atomic mass is 32.1. The molecule has 206 valence electrons. The van der Waals surface area contributed by atoms with Gasteiger partial charge in [0.25, 0.3) is 5.56 Å². The lowest BCUT2D eigenvalue weighted by molar-refractivity contribution is -0.139. The maximum Gasteiger partial charge on any atom is 0.338 e. The monoisotopic (exact) mass is 559 g/mol. The summed E-state index contributed by atoms with van der Waals surface area (Å²) in [5.41, 5.74) is 4.78. The fraction of sp³-hybridized carbons (Fsp3) is 0.258. The van der Waals surface area contributed by atoms with Crippen LogP contribution in [0.15, 0.2) is 75.7 Å². The number of halogens is 1. The van der Waals surface area contributed by atoms with Crippen LogP contribution in [0.1, 0.15) is 49.3 Å². The summed E-state index contributed by atoms with van der Waals surface area (Å²) in [6, 6.07) is 14.9. The third-order valence-electron chi connectivity index (χ3n) is 6.87. The van der Waals surface area contributed by atoms with Gasteiger partial charge in [0.1, 0.15) is 17.6 Å². The molecule has 5 rings (SSSR count). The number of hydrogen-bond donors (Lipinski definition) is 0. The van der Waals surface area contributed by atoms with Crippen LogP contribution in [0.3, 0.4) is 0 Å². The quantitative estimate of drug-likeness (QED) is 0.307. The van der Waals surface area contributed by atoms with E-state index in [2.05, 4.69) is 4.99 Å². The van der Waals surface area contributed by atoms with Crippen molar-refractivity contribution in [2.45, 2.75) is 40.7 Å². The topological polar surface area (TPSA) is 74.8 Å². The number of carbonyl (C=O) groups excluding carboxylic acids is 1. The highest BCUT2D eigenvalue weighted by Crippen LogP contribution is 2.35. The zero-order valence-corrected chi connectivity index (χ0v) is 23.8. The molecule has 2 aromatic heterocycles. The molecule has 0 radical (unpaired) electrons. The Morgan fingerprint density at radius 2 is 1.80 bits per heavy atom. The summed E-state index contributed by atoms with van der Waals surface area (Å²) >= 11 is 1.27. The van der Waals surface area contributed by atoms with Crippen molar-refractivity contribution in [2.24, 2.45) is 4.99 Å². The number of hydrogen-bond acceptors (Lipinski definition) is 6. The van der Waals surface area contributed by atoms with E-state index in [-0.39, 0.29) is 18.0 Å². The molecule has 0 saturated heterocycles. The van der Waals surface area contributed by atoms with E-state index in [0.717, 1.165) is 22.6 Å². The van der Waals surface area contributed by atoms with Crippen molar-refractivity contribution < 1.29 is 18.7 Å². The fourth-order valence-corrected chi connectivity index (χ4v) is 6.18. The van der Waals surface area contributed by atoms with Crippen LogP contribution in [0.25, 0.3) is 11.8 Å². The van der Waals surface area contributed by atoms with Crippen molar-refractivity contribution in [3.63, 3.8) is 0 Å². The Balaban J connectivity index is 1.71. The molecule has 4 aromatic rings. The fourth-order valence-electron chi connectivity index (χ4n) is 5.14. The number of fused-ring (bicyclic) bond motifs is 1. The van der Waals surface area contributed by atoms with Gasteiger partial charge in [-0.15, -0.1) is 0 Å². The van der Waals surface area contributed by atoms with E-state index in [1.54, 1.807) is 30.5 Å². The molecule has 9 heteroatoms. The molecule has 7 nitrogen and oxygen atoms in total.